The van der Waals surface area contributed by atoms with Crippen LogP contribution in [0.3, 0.4) is 0 Å². The van der Waals surface area contributed by atoms with Gasteiger partial charge in [-0.05, 0) is 31.4 Å². The summed E-state index contributed by atoms with van der Waals surface area (Å²) < 4.78 is 5.30. The third-order valence-corrected chi connectivity index (χ3v) is 3.44. The second kappa shape index (κ2) is 6.41. The first-order chi connectivity index (χ1) is 9.60. The third kappa shape index (κ3) is 3.50. The Balaban J connectivity index is 1.85. The summed E-state index contributed by atoms with van der Waals surface area (Å²) in [7, 11) is 1.64. The largest absolute Gasteiger partial charge is 0.496 e. The van der Waals surface area contributed by atoms with E-state index in [2.05, 4.69) is 16.7 Å². The quantitative estimate of drug-likeness (QED) is 0.841. The number of rotatable bonds is 5. The number of benzene rings is 1. The van der Waals surface area contributed by atoms with Crippen molar-refractivity contribution in [1.29, 1.82) is 0 Å². The molecule has 1 aromatic rings. The van der Waals surface area contributed by atoms with Gasteiger partial charge in [-0.1, -0.05) is 17.7 Å². The van der Waals surface area contributed by atoms with E-state index in [1.54, 1.807) is 7.11 Å². The highest BCUT2D eigenvalue weighted by Gasteiger charge is 2.26. The maximum atomic E-state index is 11.8. The lowest BCUT2D eigenvalue weighted by atomic mass is 10.1. The first-order valence-corrected chi connectivity index (χ1v) is 6.80. The zero-order chi connectivity index (χ0) is 14.5. The SMILES string of the molecule is COc1ccc(C)cc1CCNC(=O)C1CCC(=O)N1. The lowest BCUT2D eigenvalue weighted by Gasteiger charge is -2.12. The Labute approximate surface area is 118 Å². The highest BCUT2D eigenvalue weighted by Crippen LogP contribution is 2.19. The predicted molar refractivity (Wildman–Crippen MR) is 75.6 cm³/mol. The molecule has 1 aromatic carbocycles. The summed E-state index contributed by atoms with van der Waals surface area (Å²) >= 11 is 0. The zero-order valence-electron chi connectivity index (χ0n) is 11.9. The van der Waals surface area contributed by atoms with Gasteiger partial charge in [0, 0.05) is 13.0 Å². The van der Waals surface area contributed by atoms with E-state index in [0.29, 0.717) is 25.8 Å². The van der Waals surface area contributed by atoms with Crippen molar-refractivity contribution in [2.24, 2.45) is 0 Å². The average molecular weight is 276 g/mol. The van der Waals surface area contributed by atoms with Gasteiger partial charge in [0.05, 0.1) is 7.11 Å². The fourth-order valence-electron chi connectivity index (χ4n) is 2.36. The number of nitrogens with one attached hydrogen (secondary N) is 2. The number of carbonyl (C=O) groups is 2. The lowest BCUT2D eigenvalue weighted by molar-refractivity contribution is -0.125. The van der Waals surface area contributed by atoms with Crippen molar-refractivity contribution in [2.75, 3.05) is 13.7 Å². The van der Waals surface area contributed by atoms with Gasteiger partial charge in [0.25, 0.3) is 0 Å². The smallest absolute Gasteiger partial charge is 0.242 e. The molecule has 0 bridgehead atoms. The van der Waals surface area contributed by atoms with Crippen LogP contribution in [0.5, 0.6) is 5.75 Å². The van der Waals surface area contributed by atoms with Gasteiger partial charge in [0.15, 0.2) is 0 Å². The number of methoxy groups -OCH3 is 1. The fraction of sp³-hybridized carbons (Fsp3) is 0.467. The Kier molecular flexibility index (Phi) is 4.61. The number of hydrogen-bond acceptors (Lipinski definition) is 3. The molecule has 1 fully saturated rings. The molecule has 2 N–H and O–H groups in total. The molecule has 1 atom stereocenters. The van der Waals surface area contributed by atoms with Gasteiger partial charge in [-0.3, -0.25) is 9.59 Å². The monoisotopic (exact) mass is 276 g/mol. The molecule has 2 rings (SSSR count). The first-order valence-electron chi connectivity index (χ1n) is 6.80. The van der Waals surface area contributed by atoms with E-state index < -0.39 is 0 Å². The summed E-state index contributed by atoms with van der Waals surface area (Å²) in [5.74, 6) is 0.673. The van der Waals surface area contributed by atoms with Gasteiger partial charge in [0.1, 0.15) is 11.8 Å². The van der Waals surface area contributed by atoms with Gasteiger partial charge in [-0.2, -0.15) is 0 Å². The molecular formula is C15H20N2O3. The Morgan fingerprint density at radius 2 is 2.30 bits per heavy atom. The van der Waals surface area contributed by atoms with E-state index in [1.165, 1.54) is 0 Å². The van der Waals surface area contributed by atoms with Crippen LogP contribution in [0, 0.1) is 6.92 Å². The van der Waals surface area contributed by atoms with Crippen molar-refractivity contribution in [1.82, 2.24) is 10.6 Å². The molecule has 2 amide bonds. The van der Waals surface area contributed by atoms with E-state index in [4.69, 9.17) is 4.74 Å². The summed E-state index contributed by atoms with van der Waals surface area (Å²) in [5, 5.41) is 5.51. The molecule has 1 saturated heterocycles. The maximum Gasteiger partial charge on any atom is 0.242 e. The van der Waals surface area contributed by atoms with Crippen molar-refractivity contribution < 1.29 is 14.3 Å². The molecule has 1 heterocycles. The molecule has 0 radical (unpaired) electrons. The van der Waals surface area contributed by atoms with E-state index >= 15 is 0 Å². The normalized spacial score (nSPS) is 17.7. The Bertz CT molecular complexity index is 514. The minimum atomic E-state index is -0.373. The number of carbonyl (C=O) groups excluding carboxylic acids is 2. The van der Waals surface area contributed by atoms with Gasteiger partial charge >= 0.3 is 0 Å². The van der Waals surface area contributed by atoms with Gasteiger partial charge in [-0.15, -0.1) is 0 Å². The molecule has 5 nitrogen and oxygen atoms in total. The van der Waals surface area contributed by atoms with Crippen LogP contribution in [0.25, 0.3) is 0 Å². The highest BCUT2D eigenvalue weighted by atomic mass is 16.5. The number of hydrogen-bond donors (Lipinski definition) is 2. The van der Waals surface area contributed by atoms with Crippen LogP contribution in [0.4, 0.5) is 0 Å². The molecule has 0 saturated carbocycles. The molecule has 0 spiro atoms. The van der Waals surface area contributed by atoms with Crippen LogP contribution < -0.4 is 15.4 Å². The lowest BCUT2D eigenvalue weighted by Crippen LogP contribution is -2.42. The van der Waals surface area contributed by atoms with Gasteiger partial charge < -0.3 is 15.4 Å². The van der Waals surface area contributed by atoms with Crippen LogP contribution in [0.1, 0.15) is 24.0 Å². The third-order valence-electron chi connectivity index (χ3n) is 3.44. The number of ether oxygens (including phenoxy) is 1. The van der Waals surface area contributed by atoms with Crippen molar-refractivity contribution in [3.8, 4) is 5.75 Å². The summed E-state index contributed by atoms with van der Waals surface area (Å²) in [5.41, 5.74) is 2.23. The molecule has 5 heteroatoms. The number of aryl methyl sites for hydroxylation is 1. The summed E-state index contributed by atoms with van der Waals surface area (Å²) in [6.45, 7) is 2.56. The minimum absolute atomic E-state index is 0.0505. The molecular weight excluding hydrogens is 256 g/mol. The maximum absolute atomic E-state index is 11.8. The zero-order valence-corrected chi connectivity index (χ0v) is 11.9. The molecule has 1 aliphatic heterocycles. The standard InChI is InChI=1S/C15H20N2O3/c1-10-3-5-13(20-2)11(9-10)7-8-16-15(19)12-4-6-14(18)17-12/h3,5,9,12H,4,6-8H2,1-2H3,(H,16,19)(H,17,18). The molecule has 0 aliphatic carbocycles. The second-order valence-corrected chi connectivity index (χ2v) is 5.02. The minimum Gasteiger partial charge on any atom is -0.496 e. The molecule has 1 unspecified atom stereocenters. The van der Waals surface area contributed by atoms with Gasteiger partial charge in [0.2, 0.25) is 11.8 Å². The van der Waals surface area contributed by atoms with Crippen LogP contribution in [0.2, 0.25) is 0 Å². The average Bonchev–Trinajstić information content (AvgIpc) is 2.86. The molecule has 20 heavy (non-hydrogen) atoms. The Hall–Kier alpha value is -2.04. The van der Waals surface area contributed by atoms with Crippen LogP contribution in [0.15, 0.2) is 18.2 Å². The van der Waals surface area contributed by atoms with Gasteiger partial charge in [-0.25, -0.2) is 0 Å². The van der Waals surface area contributed by atoms with E-state index in [9.17, 15) is 9.59 Å². The van der Waals surface area contributed by atoms with Crippen LogP contribution in [-0.2, 0) is 16.0 Å². The first kappa shape index (κ1) is 14.4. The van der Waals surface area contributed by atoms with Crippen LogP contribution >= 0.6 is 0 Å². The second-order valence-electron chi connectivity index (χ2n) is 5.02. The Morgan fingerprint density at radius 3 is 2.95 bits per heavy atom. The van der Waals surface area contributed by atoms with Crippen molar-refractivity contribution in [3.63, 3.8) is 0 Å². The van der Waals surface area contributed by atoms with Crippen molar-refractivity contribution >= 4 is 11.8 Å². The van der Waals surface area contributed by atoms with Crippen molar-refractivity contribution in [3.05, 3.63) is 29.3 Å². The molecule has 1 aliphatic rings. The summed E-state index contributed by atoms with van der Waals surface area (Å²) in [6, 6.07) is 5.61. The van der Waals surface area contributed by atoms with E-state index in [1.807, 2.05) is 19.1 Å². The molecule has 108 valence electrons. The predicted octanol–water partition coefficient (Wildman–Crippen LogP) is 0.941. The van der Waals surface area contributed by atoms with E-state index in [-0.39, 0.29) is 17.9 Å². The number of amides is 2. The summed E-state index contributed by atoms with van der Waals surface area (Å²) in [4.78, 5) is 22.9. The highest BCUT2D eigenvalue weighted by molar-refractivity contribution is 5.90. The van der Waals surface area contributed by atoms with Crippen LogP contribution in [-0.4, -0.2) is 31.5 Å². The van der Waals surface area contributed by atoms with E-state index in [0.717, 1.165) is 16.9 Å². The fourth-order valence-corrected chi connectivity index (χ4v) is 2.36. The summed E-state index contributed by atoms with van der Waals surface area (Å²) in [6.07, 6.45) is 1.72. The Morgan fingerprint density at radius 1 is 1.50 bits per heavy atom. The topological polar surface area (TPSA) is 67.4 Å². The molecule has 0 aromatic heterocycles. The van der Waals surface area contributed by atoms with Crippen molar-refractivity contribution in [2.45, 2.75) is 32.2 Å².